The van der Waals surface area contributed by atoms with E-state index in [1.54, 1.807) is 19.9 Å². The van der Waals surface area contributed by atoms with Gasteiger partial charge in [0.2, 0.25) is 10.0 Å². The molecule has 0 fully saturated rings. The number of hydrogen-bond acceptors (Lipinski definition) is 5. The van der Waals surface area contributed by atoms with E-state index in [0.717, 1.165) is 11.3 Å². The fraction of sp³-hybridized carbons (Fsp3) is 0.316. The van der Waals surface area contributed by atoms with E-state index < -0.39 is 16.0 Å². The minimum absolute atomic E-state index is 0.0352. The summed E-state index contributed by atoms with van der Waals surface area (Å²) in [7, 11) is -3.63. The molecular formula is C19H23NO5S. The fourth-order valence-corrected chi connectivity index (χ4v) is 3.41. The van der Waals surface area contributed by atoms with E-state index in [9.17, 15) is 13.2 Å². The zero-order valence-electron chi connectivity index (χ0n) is 15.1. The van der Waals surface area contributed by atoms with Crippen molar-refractivity contribution in [2.24, 2.45) is 0 Å². The summed E-state index contributed by atoms with van der Waals surface area (Å²) < 4.78 is 37.4. The lowest BCUT2D eigenvalue weighted by Gasteiger charge is -2.11. The van der Waals surface area contributed by atoms with Crippen molar-refractivity contribution in [2.75, 3.05) is 19.8 Å². The Morgan fingerprint density at radius 1 is 1.04 bits per heavy atom. The first-order valence-corrected chi connectivity index (χ1v) is 9.79. The zero-order chi connectivity index (χ0) is 19.2. The molecule has 0 unspecified atom stereocenters. The average molecular weight is 377 g/mol. The highest BCUT2D eigenvalue weighted by atomic mass is 32.2. The largest absolute Gasteiger partial charge is 0.490 e. The quantitative estimate of drug-likeness (QED) is 0.565. The summed E-state index contributed by atoms with van der Waals surface area (Å²) >= 11 is 0. The standard InChI is InChI=1S/C19H23NO5S/c1-4-20-26(22,23)16-10-9-14(2)17(13-16)19(21)25-12-11-24-18-8-6-5-7-15(18)3/h5-10,13,20H,4,11-12H2,1-3H3. The molecule has 0 saturated heterocycles. The summed E-state index contributed by atoms with van der Waals surface area (Å²) in [5, 5.41) is 0. The Hall–Kier alpha value is -2.38. The number of ether oxygens (including phenoxy) is 2. The minimum atomic E-state index is -3.63. The Balaban J connectivity index is 2.00. The molecule has 0 atom stereocenters. The van der Waals surface area contributed by atoms with Crippen LogP contribution in [-0.2, 0) is 14.8 Å². The molecule has 0 bridgehead atoms. The van der Waals surface area contributed by atoms with Gasteiger partial charge in [0.1, 0.15) is 19.0 Å². The summed E-state index contributed by atoms with van der Waals surface area (Å²) in [4.78, 5) is 12.3. The second kappa shape index (κ2) is 8.82. The SMILES string of the molecule is CCNS(=O)(=O)c1ccc(C)c(C(=O)OCCOc2ccccc2C)c1. The lowest BCUT2D eigenvalue weighted by atomic mass is 10.1. The highest BCUT2D eigenvalue weighted by molar-refractivity contribution is 7.89. The van der Waals surface area contributed by atoms with Crippen LogP contribution in [0.5, 0.6) is 5.75 Å². The molecule has 6 nitrogen and oxygen atoms in total. The molecule has 0 spiro atoms. The Labute approximate surface area is 154 Å². The number of esters is 1. The van der Waals surface area contributed by atoms with E-state index >= 15 is 0 Å². The lowest BCUT2D eigenvalue weighted by Crippen LogP contribution is -2.23. The van der Waals surface area contributed by atoms with Gasteiger partial charge in [-0.2, -0.15) is 0 Å². The van der Waals surface area contributed by atoms with Crippen LogP contribution in [-0.4, -0.2) is 34.1 Å². The molecule has 0 aromatic heterocycles. The van der Waals surface area contributed by atoms with Gasteiger partial charge in [-0.25, -0.2) is 17.9 Å². The van der Waals surface area contributed by atoms with Crippen molar-refractivity contribution in [3.63, 3.8) is 0 Å². The Morgan fingerprint density at radius 2 is 1.77 bits per heavy atom. The van der Waals surface area contributed by atoms with Crippen LogP contribution in [0.1, 0.15) is 28.4 Å². The molecule has 140 valence electrons. The summed E-state index contributed by atoms with van der Waals surface area (Å²) in [6.45, 7) is 5.90. The van der Waals surface area contributed by atoms with Crippen LogP contribution in [0.15, 0.2) is 47.4 Å². The number of para-hydroxylation sites is 1. The van der Waals surface area contributed by atoms with Gasteiger partial charge in [-0.3, -0.25) is 0 Å². The number of sulfonamides is 1. The van der Waals surface area contributed by atoms with Gasteiger partial charge in [-0.1, -0.05) is 31.2 Å². The van der Waals surface area contributed by atoms with Gasteiger partial charge in [0.05, 0.1) is 10.5 Å². The molecule has 0 radical (unpaired) electrons. The number of aryl methyl sites for hydroxylation is 2. The van der Waals surface area contributed by atoms with E-state index in [1.807, 2.05) is 31.2 Å². The third-order valence-electron chi connectivity index (χ3n) is 3.74. The van der Waals surface area contributed by atoms with Crippen LogP contribution in [0, 0.1) is 13.8 Å². The van der Waals surface area contributed by atoms with Gasteiger partial charge in [0.15, 0.2) is 0 Å². The summed E-state index contributed by atoms with van der Waals surface area (Å²) in [5.41, 5.74) is 1.86. The Kier molecular flexibility index (Phi) is 6.76. The molecular weight excluding hydrogens is 354 g/mol. The van der Waals surface area contributed by atoms with E-state index in [2.05, 4.69) is 4.72 Å². The second-order valence-electron chi connectivity index (χ2n) is 5.73. The number of benzene rings is 2. The molecule has 2 rings (SSSR count). The van der Waals surface area contributed by atoms with Crippen molar-refractivity contribution in [1.29, 1.82) is 0 Å². The Morgan fingerprint density at radius 3 is 2.46 bits per heavy atom. The molecule has 0 heterocycles. The lowest BCUT2D eigenvalue weighted by molar-refractivity contribution is 0.0449. The first kappa shape index (κ1) is 19.9. The molecule has 0 saturated carbocycles. The molecule has 26 heavy (non-hydrogen) atoms. The number of rotatable bonds is 8. The van der Waals surface area contributed by atoms with Gasteiger partial charge < -0.3 is 9.47 Å². The third-order valence-corrected chi connectivity index (χ3v) is 5.28. The van der Waals surface area contributed by atoms with Crippen LogP contribution in [0.3, 0.4) is 0 Å². The van der Waals surface area contributed by atoms with E-state index in [-0.39, 0.29) is 30.2 Å². The van der Waals surface area contributed by atoms with Gasteiger partial charge in [-0.15, -0.1) is 0 Å². The van der Waals surface area contributed by atoms with Crippen molar-refractivity contribution < 1.29 is 22.7 Å². The monoisotopic (exact) mass is 377 g/mol. The summed E-state index contributed by atoms with van der Waals surface area (Å²) in [5.74, 6) is 0.155. The summed E-state index contributed by atoms with van der Waals surface area (Å²) in [6.07, 6.45) is 0. The molecule has 7 heteroatoms. The van der Waals surface area contributed by atoms with Crippen molar-refractivity contribution in [3.8, 4) is 5.75 Å². The van der Waals surface area contributed by atoms with Crippen molar-refractivity contribution in [1.82, 2.24) is 4.72 Å². The van der Waals surface area contributed by atoms with Crippen LogP contribution in [0.4, 0.5) is 0 Å². The topological polar surface area (TPSA) is 81.7 Å². The number of carbonyl (C=O) groups excluding carboxylic acids is 1. The maximum absolute atomic E-state index is 12.3. The molecule has 1 N–H and O–H groups in total. The molecule has 0 aliphatic carbocycles. The highest BCUT2D eigenvalue weighted by Gasteiger charge is 2.18. The van der Waals surface area contributed by atoms with Crippen LogP contribution >= 0.6 is 0 Å². The van der Waals surface area contributed by atoms with Gasteiger partial charge in [-0.05, 0) is 43.2 Å². The van der Waals surface area contributed by atoms with Gasteiger partial charge in [0, 0.05) is 6.54 Å². The first-order chi connectivity index (χ1) is 12.3. The fourth-order valence-electron chi connectivity index (χ4n) is 2.34. The first-order valence-electron chi connectivity index (χ1n) is 8.31. The van der Waals surface area contributed by atoms with Crippen LogP contribution in [0.2, 0.25) is 0 Å². The Bertz CT molecular complexity index is 877. The van der Waals surface area contributed by atoms with Crippen LogP contribution in [0.25, 0.3) is 0 Å². The van der Waals surface area contributed by atoms with Crippen LogP contribution < -0.4 is 9.46 Å². The average Bonchev–Trinajstić information content (AvgIpc) is 2.60. The van der Waals surface area contributed by atoms with Crippen molar-refractivity contribution in [2.45, 2.75) is 25.7 Å². The molecule has 2 aromatic rings. The van der Waals surface area contributed by atoms with E-state index in [4.69, 9.17) is 9.47 Å². The van der Waals surface area contributed by atoms with Crippen molar-refractivity contribution >= 4 is 16.0 Å². The van der Waals surface area contributed by atoms with Gasteiger partial charge >= 0.3 is 5.97 Å². The second-order valence-corrected chi connectivity index (χ2v) is 7.49. The zero-order valence-corrected chi connectivity index (χ0v) is 15.9. The normalized spacial score (nSPS) is 11.2. The smallest absolute Gasteiger partial charge is 0.338 e. The number of hydrogen-bond donors (Lipinski definition) is 1. The number of nitrogens with one attached hydrogen (secondary N) is 1. The molecule has 0 aliphatic heterocycles. The molecule has 2 aromatic carbocycles. The number of carbonyl (C=O) groups is 1. The van der Waals surface area contributed by atoms with E-state index in [1.165, 1.54) is 12.1 Å². The summed E-state index contributed by atoms with van der Waals surface area (Å²) in [6, 6.07) is 11.9. The van der Waals surface area contributed by atoms with Crippen molar-refractivity contribution in [3.05, 3.63) is 59.2 Å². The predicted octanol–water partition coefficient (Wildman–Crippen LogP) is 2.84. The third kappa shape index (κ3) is 5.06. The highest BCUT2D eigenvalue weighted by Crippen LogP contribution is 2.18. The minimum Gasteiger partial charge on any atom is -0.490 e. The predicted molar refractivity (Wildman–Crippen MR) is 99.0 cm³/mol. The maximum Gasteiger partial charge on any atom is 0.338 e. The maximum atomic E-state index is 12.3. The molecule has 0 aliphatic rings. The van der Waals surface area contributed by atoms with Gasteiger partial charge in [0.25, 0.3) is 0 Å². The molecule has 0 amide bonds. The van der Waals surface area contributed by atoms with E-state index in [0.29, 0.717) is 5.56 Å².